The Hall–Kier alpha value is -1.18. The Morgan fingerprint density at radius 3 is 2.36 bits per heavy atom. The van der Waals surface area contributed by atoms with Crippen molar-refractivity contribution in [2.24, 2.45) is 0 Å². The number of hydrogen-bond acceptors (Lipinski definition) is 2. The van der Waals surface area contributed by atoms with Crippen LogP contribution < -0.4 is 5.32 Å². The molecule has 0 heterocycles. The number of nitrogens with one attached hydrogen (secondary N) is 1. The molecule has 0 saturated heterocycles. The van der Waals surface area contributed by atoms with Crippen LogP contribution >= 0.6 is 0 Å². The van der Waals surface area contributed by atoms with E-state index >= 15 is 0 Å². The molecular weight excluding hydrogens is 138 g/mol. The van der Waals surface area contributed by atoms with Crippen LogP contribution in [-0.4, -0.2) is 12.2 Å². The third kappa shape index (κ3) is 1.45. The van der Waals surface area contributed by atoms with Crippen molar-refractivity contribution in [1.82, 2.24) is 0 Å². The molecule has 0 radical (unpaired) electrons. The van der Waals surface area contributed by atoms with Gasteiger partial charge in [-0.15, -0.1) is 0 Å². The van der Waals surface area contributed by atoms with Crippen LogP contribution in [0, 0.1) is 13.8 Å². The van der Waals surface area contributed by atoms with Gasteiger partial charge in [0.15, 0.2) is 0 Å². The topological polar surface area (TPSA) is 32.3 Å². The van der Waals surface area contributed by atoms with Crippen LogP contribution in [0.4, 0.5) is 5.69 Å². The zero-order valence-corrected chi connectivity index (χ0v) is 7.10. The van der Waals surface area contributed by atoms with E-state index in [4.69, 9.17) is 0 Å². The Morgan fingerprint density at radius 2 is 1.91 bits per heavy atom. The number of phenolic OH excluding ortho intramolecular Hbond substituents is 1. The highest BCUT2D eigenvalue weighted by molar-refractivity contribution is 5.61. The standard InChI is InChI=1S/C9H13NO/c1-6-4-7(2)9(10-3)8(11)5-6/h4-5,10-11H,1-3H3. The zero-order valence-electron chi connectivity index (χ0n) is 7.10. The Labute approximate surface area is 66.9 Å². The average molecular weight is 151 g/mol. The lowest BCUT2D eigenvalue weighted by Gasteiger charge is -2.08. The predicted octanol–water partition coefficient (Wildman–Crippen LogP) is 2.05. The summed E-state index contributed by atoms with van der Waals surface area (Å²) in [4.78, 5) is 0. The fourth-order valence-corrected chi connectivity index (χ4v) is 1.27. The smallest absolute Gasteiger partial charge is 0.139 e. The van der Waals surface area contributed by atoms with E-state index in [1.54, 1.807) is 13.1 Å². The second kappa shape index (κ2) is 2.82. The van der Waals surface area contributed by atoms with E-state index in [9.17, 15) is 5.11 Å². The lowest BCUT2D eigenvalue weighted by Crippen LogP contribution is -1.92. The minimum atomic E-state index is 0.324. The molecule has 0 spiro atoms. The molecule has 11 heavy (non-hydrogen) atoms. The molecule has 0 aliphatic carbocycles. The van der Waals surface area contributed by atoms with Gasteiger partial charge in [0.1, 0.15) is 5.75 Å². The third-order valence-corrected chi connectivity index (χ3v) is 1.71. The van der Waals surface area contributed by atoms with Crippen LogP contribution in [0.25, 0.3) is 0 Å². The van der Waals surface area contributed by atoms with Crippen LogP contribution in [0.1, 0.15) is 11.1 Å². The maximum atomic E-state index is 9.41. The zero-order chi connectivity index (χ0) is 8.43. The van der Waals surface area contributed by atoms with Crippen molar-refractivity contribution < 1.29 is 5.11 Å². The number of anilines is 1. The van der Waals surface area contributed by atoms with Gasteiger partial charge in [0.05, 0.1) is 5.69 Å². The van der Waals surface area contributed by atoms with Crippen LogP contribution in [0.15, 0.2) is 12.1 Å². The summed E-state index contributed by atoms with van der Waals surface area (Å²) < 4.78 is 0. The summed E-state index contributed by atoms with van der Waals surface area (Å²) in [5, 5.41) is 12.4. The van der Waals surface area contributed by atoms with E-state index in [-0.39, 0.29) is 0 Å². The van der Waals surface area contributed by atoms with Gasteiger partial charge in [0, 0.05) is 7.05 Å². The summed E-state index contributed by atoms with van der Waals surface area (Å²) in [5.41, 5.74) is 2.97. The fraction of sp³-hybridized carbons (Fsp3) is 0.333. The molecule has 0 amide bonds. The van der Waals surface area contributed by atoms with E-state index in [0.717, 1.165) is 16.8 Å². The number of benzene rings is 1. The monoisotopic (exact) mass is 151 g/mol. The lowest BCUT2D eigenvalue weighted by atomic mass is 10.1. The number of rotatable bonds is 1. The largest absolute Gasteiger partial charge is 0.506 e. The second-order valence-electron chi connectivity index (χ2n) is 2.73. The molecule has 2 nitrogen and oxygen atoms in total. The first-order valence-electron chi connectivity index (χ1n) is 3.63. The number of hydrogen-bond donors (Lipinski definition) is 2. The van der Waals surface area contributed by atoms with Gasteiger partial charge in [-0.05, 0) is 31.0 Å². The predicted molar refractivity (Wildman–Crippen MR) is 47.1 cm³/mol. The molecule has 0 unspecified atom stereocenters. The van der Waals surface area contributed by atoms with Gasteiger partial charge in [-0.1, -0.05) is 6.07 Å². The Kier molecular flexibility index (Phi) is 2.03. The highest BCUT2D eigenvalue weighted by Gasteiger charge is 2.02. The molecule has 0 fully saturated rings. The van der Waals surface area contributed by atoms with Crippen LogP contribution in [-0.2, 0) is 0 Å². The van der Waals surface area contributed by atoms with Crippen molar-refractivity contribution in [2.75, 3.05) is 12.4 Å². The SMILES string of the molecule is CNc1c(C)cc(C)cc1O. The maximum Gasteiger partial charge on any atom is 0.139 e. The van der Waals surface area contributed by atoms with E-state index in [0.29, 0.717) is 5.75 Å². The van der Waals surface area contributed by atoms with E-state index < -0.39 is 0 Å². The van der Waals surface area contributed by atoms with Crippen LogP contribution in [0.3, 0.4) is 0 Å². The summed E-state index contributed by atoms with van der Waals surface area (Å²) in [6.45, 7) is 3.94. The Bertz CT molecular complexity index is 245. The molecule has 0 aliphatic heterocycles. The minimum Gasteiger partial charge on any atom is -0.506 e. The molecule has 0 bridgehead atoms. The number of aryl methyl sites for hydroxylation is 2. The van der Waals surface area contributed by atoms with Gasteiger partial charge in [-0.2, -0.15) is 0 Å². The molecule has 2 heteroatoms. The highest BCUT2D eigenvalue weighted by atomic mass is 16.3. The van der Waals surface area contributed by atoms with E-state index in [1.165, 1.54) is 0 Å². The van der Waals surface area contributed by atoms with Gasteiger partial charge in [0.2, 0.25) is 0 Å². The molecule has 1 aromatic rings. The summed E-state index contributed by atoms with van der Waals surface area (Å²) in [6.07, 6.45) is 0. The Balaban J connectivity index is 3.25. The van der Waals surface area contributed by atoms with Crippen molar-refractivity contribution in [1.29, 1.82) is 0 Å². The minimum absolute atomic E-state index is 0.324. The van der Waals surface area contributed by atoms with Crippen molar-refractivity contribution >= 4 is 5.69 Å². The van der Waals surface area contributed by atoms with Gasteiger partial charge in [-0.25, -0.2) is 0 Å². The molecule has 60 valence electrons. The Morgan fingerprint density at radius 1 is 1.27 bits per heavy atom. The van der Waals surface area contributed by atoms with Crippen LogP contribution in [0.2, 0.25) is 0 Å². The molecule has 1 aromatic carbocycles. The molecular formula is C9H13NO. The van der Waals surface area contributed by atoms with E-state index in [1.807, 2.05) is 19.9 Å². The van der Waals surface area contributed by atoms with Crippen LogP contribution in [0.5, 0.6) is 5.75 Å². The quantitative estimate of drug-likeness (QED) is 0.602. The third-order valence-electron chi connectivity index (χ3n) is 1.71. The van der Waals surface area contributed by atoms with Crippen molar-refractivity contribution in [3.63, 3.8) is 0 Å². The van der Waals surface area contributed by atoms with E-state index in [2.05, 4.69) is 5.32 Å². The molecule has 0 aliphatic rings. The summed E-state index contributed by atoms with van der Waals surface area (Å²) in [6, 6.07) is 3.78. The first-order valence-corrected chi connectivity index (χ1v) is 3.63. The second-order valence-corrected chi connectivity index (χ2v) is 2.73. The fourth-order valence-electron chi connectivity index (χ4n) is 1.27. The summed E-state index contributed by atoms with van der Waals surface area (Å²) in [5.74, 6) is 0.324. The van der Waals surface area contributed by atoms with Crippen molar-refractivity contribution in [2.45, 2.75) is 13.8 Å². The van der Waals surface area contributed by atoms with Crippen molar-refractivity contribution in [3.8, 4) is 5.75 Å². The maximum absolute atomic E-state index is 9.41. The van der Waals surface area contributed by atoms with Crippen molar-refractivity contribution in [3.05, 3.63) is 23.3 Å². The number of phenols is 1. The normalized spacial score (nSPS) is 9.73. The summed E-state index contributed by atoms with van der Waals surface area (Å²) in [7, 11) is 1.80. The average Bonchev–Trinajstić information content (AvgIpc) is 1.85. The number of aromatic hydroxyl groups is 1. The lowest BCUT2D eigenvalue weighted by molar-refractivity contribution is 0.476. The van der Waals surface area contributed by atoms with Gasteiger partial charge >= 0.3 is 0 Å². The molecule has 0 aromatic heterocycles. The van der Waals surface area contributed by atoms with Gasteiger partial charge in [-0.3, -0.25) is 0 Å². The first kappa shape index (κ1) is 7.92. The molecule has 2 N–H and O–H groups in total. The van der Waals surface area contributed by atoms with Gasteiger partial charge < -0.3 is 10.4 Å². The van der Waals surface area contributed by atoms with Gasteiger partial charge in [0.25, 0.3) is 0 Å². The molecule has 0 saturated carbocycles. The molecule has 1 rings (SSSR count). The summed E-state index contributed by atoms with van der Waals surface area (Å²) >= 11 is 0. The molecule has 0 atom stereocenters. The highest BCUT2D eigenvalue weighted by Crippen LogP contribution is 2.27. The first-order chi connectivity index (χ1) is 5.15.